The summed E-state index contributed by atoms with van der Waals surface area (Å²) >= 11 is 1.43. The molecule has 1 aromatic carbocycles. The first-order valence-corrected chi connectivity index (χ1v) is 8.52. The van der Waals surface area contributed by atoms with Crippen LogP contribution in [0.4, 0.5) is 5.69 Å². The molecule has 0 saturated carbocycles. The Kier molecular flexibility index (Phi) is 4.95. The van der Waals surface area contributed by atoms with E-state index < -0.39 is 5.97 Å². The Bertz CT molecular complexity index is 880. The van der Waals surface area contributed by atoms with Gasteiger partial charge in [0, 0.05) is 5.38 Å². The Morgan fingerprint density at radius 1 is 1.24 bits per heavy atom. The van der Waals surface area contributed by atoms with Gasteiger partial charge in [0.05, 0.1) is 28.1 Å². The number of hydrogen-bond acceptors (Lipinski definition) is 6. The molecule has 0 bridgehead atoms. The maximum atomic E-state index is 12.4. The number of nitrogens with zero attached hydrogens (tertiary/aromatic N) is 1. The van der Waals surface area contributed by atoms with Gasteiger partial charge in [-0.25, -0.2) is 4.79 Å². The summed E-state index contributed by atoms with van der Waals surface area (Å²) in [6, 6.07) is 8.45. The molecular formula is C18H16N2O4S. The summed E-state index contributed by atoms with van der Waals surface area (Å²) in [5, 5.41) is 10.1. The van der Waals surface area contributed by atoms with Gasteiger partial charge in [0.1, 0.15) is 12.4 Å². The summed E-state index contributed by atoms with van der Waals surface area (Å²) in [5.74, 6) is -0.183. The normalized spacial score (nSPS) is 10.5. The van der Waals surface area contributed by atoms with Crippen LogP contribution in [0, 0.1) is 13.8 Å². The van der Waals surface area contributed by atoms with Crippen molar-refractivity contribution in [3.63, 3.8) is 0 Å². The number of esters is 1. The Hall–Kier alpha value is -2.93. The molecule has 0 aliphatic heterocycles. The zero-order chi connectivity index (χ0) is 17.8. The fourth-order valence-electron chi connectivity index (χ4n) is 2.28. The third kappa shape index (κ3) is 3.77. The van der Waals surface area contributed by atoms with Crippen molar-refractivity contribution in [2.75, 3.05) is 5.32 Å². The van der Waals surface area contributed by atoms with Gasteiger partial charge in [-0.15, -0.1) is 0 Å². The molecule has 25 heavy (non-hydrogen) atoms. The Morgan fingerprint density at radius 3 is 2.72 bits per heavy atom. The highest BCUT2D eigenvalue weighted by Crippen LogP contribution is 2.20. The molecular weight excluding hydrogens is 340 g/mol. The third-order valence-corrected chi connectivity index (χ3v) is 4.39. The second-order valence-electron chi connectivity index (χ2n) is 5.39. The number of benzene rings is 1. The van der Waals surface area contributed by atoms with Gasteiger partial charge in [-0.05, 0) is 37.4 Å². The van der Waals surface area contributed by atoms with E-state index in [1.165, 1.54) is 11.3 Å². The molecule has 0 aliphatic rings. The van der Waals surface area contributed by atoms with Crippen LogP contribution in [-0.2, 0) is 11.3 Å². The first-order valence-electron chi connectivity index (χ1n) is 7.57. The van der Waals surface area contributed by atoms with Crippen molar-refractivity contribution in [1.29, 1.82) is 0 Å². The Labute approximate surface area is 148 Å². The lowest BCUT2D eigenvalue weighted by Crippen LogP contribution is -2.15. The number of amides is 1. The highest BCUT2D eigenvalue weighted by atomic mass is 32.1. The van der Waals surface area contributed by atoms with Gasteiger partial charge in [0.25, 0.3) is 5.91 Å². The average molecular weight is 356 g/mol. The number of anilines is 1. The lowest BCUT2D eigenvalue weighted by Gasteiger charge is -2.10. The molecule has 2 aromatic heterocycles. The van der Waals surface area contributed by atoms with E-state index in [0.29, 0.717) is 22.7 Å². The molecule has 7 heteroatoms. The fourth-order valence-corrected chi connectivity index (χ4v) is 2.92. The third-order valence-electron chi connectivity index (χ3n) is 3.71. The number of thiophene rings is 1. The highest BCUT2D eigenvalue weighted by Gasteiger charge is 2.17. The van der Waals surface area contributed by atoms with Gasteiger partial charge >= 0.3 is 5.97 Å². The summed E-state index contributed by atoms with van der Waals surface area (Å²) in [6.07, 6.45) is 0. The van der Waals surface area contributed by atoms with Gasteiger partial charge in [0.2, 0.25) is 0 Å². The van der Waals surface area contributed by atoms with Crippen molar-refractivity contribution in [1.82, 2.24) is 5.16 Å². The summed E-state index contributed by atoms with van der Waals surface area (Å²) in [5.41, 5.74) is 2.67. The van der Waals surface area contributed by atoms with Crippen LogP contribution in [0.25, 0.3) is 0 Å². The van der Waals surface area contributed by atoms with Crippen LogP contribution in [0.1, 0.15) is 37.7 Å². The summed E-state index contributed by atoms with van der Waals surface area (Å²) in [6.45, 7) is 3.61. The quantitative estimate of drug-likeness (QED) is 0.700. The van der Waals surface area contributed by atoms with Gasteiger partial charge in [-0.2, -0.15) is 11.3 Å². The van der Waals surface area contributed by atoms with Crippen molar-refractivity contribution in [3.05, 3.63) is 69.2 Å². The van der Waals surface area contributed by atoms with Gasteiger partial charge in [0.15, 0.2) is 0 Å². The number of para-hydroxylation sites is 1. The van der Waals surface area contributed by atoms with E-state index in [9.17, 15) is 9.59 Å². The molecule has 0 fully saturated rings. The second kappa shape index (κ2) is 7.31. The smallest absolute Gasteiger partial charge is 0.340 e. The molecule has 0 unspecified atom stereocenters. The maximum absolute atomic E-state index is 12.4. The monoisotopic (exact) mass is 356 g/mol. The van der Waals surface area contributed by atoms with E-state index in [-0.39, 0.29) is 18.1 Å². The standard InChI is InChI=1S/C18H16N2O4S/c1-11-15(12(2)24-20-11)9-23-18(22)14-5-3-4-6-16(14)19-17(21)13-7-8-25-10-13/h3-8,10H,9H2,1-2H3,(H,19,21). The number of ether oxygens (including phenoxy) is 1. The minimum absolute atomic E-state index is 0.0623. The number of nitrogens with one attached hydrogen (secondary N) is 1. The molecule has 3 aromatic rings. The largest absolute Gasteiger partial charge is 0.457 e. The van der Waals surface area contributed by atoms with E-state index in [4.69, 9.17) is 9.26 Å². The molecule has 0 atom stereocenters. The first kappa shape index (κ1) is 16.9. The number of hydrogen-bond donors (Lipinski definition) is 1. The van der Waals surface area contributed by atoms with E-state index in [0.717, 1.165) is 5.56 Å². The van der Waals surface area contributed by atoms with Crippen LogP contribution in [0.15, 0.2) is 45.6 Å². The summed E-state index contributed by atoms with van der Waals surface area (Å²) in [4.78, 5) is 24.6. The van der Waals surface area contributed by atoms with Crippen molar-refractivity contribution < 1.29 is 18.8 Å². The molecule has 6 nitrogen and oxygen atoms in total. The van der Waals surface area contributed by atoms with Crippen LogP contribution in [0.3, 0.4) is 0 Å². The van der Waals surface area contributed by atoms with Crippen LogP contribution in [0.2, 0.25) is 0 Å². The molecule has 2 heterocycles. The molecule has 1 N–H and O–H groups in total. The fraction of sp³-hybridized carbons (Fsp3) is 0.167. The van der Waals surface area contributed by atoms with Crippen molar-refractivity contribution in [3.8, 4) is 0 Å². The van der Waals surface area contributed by atoms with E-state index >= 15 is 0 Å². The molecule has 128 valence electrons. The van der Waals surface area contributed by atoms with Crippen LogP contribution in [0.5, 0.6) is 0 Å². The SMILES string of the molecule is Cc1noc(C)c1COC(=O)c1ccccc1NC(=O)c1ccsc1. The Balaban J connectivity index is 1.73. The van der Waals surface area contributed by atoms with E-state index in [1.807, 2.05) is 5.38 Å². The molecule has 0 saturated heterocycles. The predicted molar refractivity (Wildman–Crippen MR) is 93.8 cm³/mol. The minimum atomic E-state index is -0.527. The van der Waals surface area contributed by atoms with Crippen LogP contribution in [-0.4, -0.2) is 17.0 Å². The molecule has 3 rings (SSSR count). The topological polar surface area (TPSA) is 81.4 Å². The number of aryl methyl sites for hydroxylation is 2. The van der Waals surface area contributed by atoms with Crippen molar-refractivity contribution in [2.24, 2.45) is 0 Å². The second-order valence-corrected chi connectivity index (χ2v) is 6.17. The molecule has 1 amide bonds. The van der Waals surface area contributed by atoms with E-state index in [1.54, 1.807) is 49.6 Å². The number of carbonyl (C=O) groups is 2. The van der Waals surface area contributed by atoms with Gasteiger partial charge in [-0.1, -0.05) is 17.3 Å². The number of carbonyl (C=O) groups excluding carboxylic acids is 2. The summed E-state index contributed by atoms with van der Waals surface area (Å²) < 4.78 is 10.4. The van der Waals surface area contributed by atoms with Gasteiger partial charge < -0.3 is 14.6 Å². The van der Waals surface area contributed by atoms with E-state index in [2.05, 4.69) is 10.5 Å². The molecule has 0 spiro atoms. The van der Waals surface area contributed by atoms with Crippen molar-refractivity contribution in [2.45, 2.75) is 20.5 Å². The molecule has 0 aliphatic carbocycles. The van der Waals surface area contributed by atoms with Crippen molar-refractivity contribution >= 4 is 28.9 Å². The Morgan fingerprint density at radius 2 is 2.04 bits per heavy atom. The van der Waals surface area contributed by atoms with Crippen LogP contribution < -0.4 is 5.32 Å². The predicted octanol–water partition coefficient (Wildman–Crippen LogP) is 3.96. The van der Waals surface area contributed by atoms with Crippen LogP contribution >= 0.6 is 11.3 Å². The average Bonchev–Trinajstić information content (AvgIpc) is 3.24. The maximum Gasteiger partial charge on any atom is 0.340 e. The summed E-state index contributed by atoms with van der Waals surface area (Å²) in [7, 11) is 0. The highest BCUT2D eigenvalue weighted by molar-refractivity contribution is 7.08. The molecule has 0 radical (unpaired) electrons. The number of rotatable bonds is 5. The lowest BCUT2D eigenvalue weighted by atomic mass is 10.1. The van der Waals surface area contributed by atoms with Gasteiger partial charge in [-0.3, -0.25) is 4.79 Å². The first-order chi connectivity index (χ1) is 12.1. The minimum Gasteiger partial charge on any atom is -0.457 e. The lowest BCUT2D eigenvalue weighted by molar-refractivity contribution is 0.0472. The zero-order valence-corrected chi connectivity index (χ0v) is 14.6. The number of aromatic nitrogens is 1. The zero-order valence-electron chi connectivity index (χ0n) is 13.7.